The number of nitrogens with two attached hydrogens (primary N) is 1. The Morgan fingerprint density at radius 3 is 2.34 bits per heavy atom. The second-order valence-electron chi connectivity index (χ2n) is 5.97. The number of nitrogens with one attached hydrogen (secondary N) is 1. The van der Waals surface area contributed by atoms with E-state index in [1.165, 1.54) is 43.3 Å². The van der Waals surface area contributed by atoms with Gasteiger partial charge in [0.25, 0.3) is 5.91 Å². The normalized spacial score (nSPS) is 12.4. The Hall–Kier alpha value is -3.62. The fourth-order valence-corrected chi connectivity index (χ4v) is 2.21. The van der Waals surface area contributed by atoms with Gasteiger partial charge in [-0.25, -0.2) is 4.79 Å². The number of amides is 2. The minimum Gasteiger partial charge on any atom is -0.449 e. The van der Waals surface area contributed by atoms with Crippen LogP contribution in [0.2, 0.25) is 0 Å². The minimum atomic E-state index is -4.49. The van der Waals surface area contributed by atoms with E-state index in [0.29, 0.717) is 5.69 Å². The summed E-state index contributed by atoms with van der Waals surface area (Å²) < 4.78 is 43.0. The number of rotatable bonds is 6. The topological polar surface area (TPSA) is 98.5 Å². The third-order valence-corrected chi connectivity index (χ3v) is 3.72. The van der Waals surface area contributed by atoms with Crippen LogP contribution in [0.3, 0.4) is 0 Å². The molecule has 9 heteroatoms. The third-order valence-electron chi connectivity index (χ3n) is 3.72. The van der Waals surface area contributed by atoms with Gasteiger partial charge < -0.3 is 15.8 Å². The first-order valence-electron chi connectivity index (χ1n) is 8.33. The lowest BCUT2D eigenvalue weighted by Gasteiger charge is -2.12. The minimum absolute atomic E-state index is 0.156. The van der Waals surface area contributed by atoms with Crippen molar-refractivity contribution in [2.45, 2.75) is 19.2 Å². The molecule has 1 atom stereocenters. The molecular weight excluding hydrogens is 389 g/mol. The monoisotopic (exact) mass is 406 g/mol. The number of esters is 1. The van der Waals surface area contributed by atoms with E-state index in [1.54, 1.807) is 0 Å². The molecule has 2 aromatic rings. The lowest BCUT2D eigenvalue weighted by atomic mass is 10.1. The third kappa shape index (κ3) is 6.49. The first-order valence-corrected chi connectivity index (χ1v) is 8.33. The number of hydrogen-bond acceptors (Lipinski definition) is 4. The predicted octanol–water partition coefficient (Wildman–Crippen LogP) is 3.39. The summed E-state index contributed by atoms with van der Waals surface area (Å²) in [5.74, 6) is -2.13. The molecule has 0 fully saturated rings. The van der Waals surface area contributed by atoms with E-state index in [0.717, 1.165) is 24.3 Å². The molecule has 0 unspecified atom stereocenters. The van der Waals surface area contributed by atoms with Gasteiger partial charge in [-0.1, -0.05) is 12.1 Å². The van der Waals surface area contributed by atoms with Crippen molar-refractivity contribution in [3.8, 4) is 0 Å². The van der Waals surface area contributed by atoms with Crippen LogP contribution in [0.25, 0.3) is 6.08 Å². The van der Waals surface area contributed by atoms with Crippen molar-refractivity contribution < 1.29 is 32.3 Å². The molecule has 0 saturated heterocycles. The molecule has 0 aliphatic heterocycles. The van der Waals surface area contributed by atoms with Crippen molar-refractivity contribution in [2.75, 3.05) is 5.32 Å². The maximum Gasteiger partial charge on any atom is 0.416 e. The molecule has 0 aromatic heterocycles. The number of halogens is 3. The number of benzene rings is 2. The molecule has 2 aromatic carbocycles. The largest absolute Gasteiger partial charge is 0.449 e. The van der Waals surface area contributed by atoms with Gasteiger partial charge >= 0.3 is 12.1 Å². The molecule has 2 amide bonds. The van der Waals surface area contributed by atoms with Crippen LogP contribution >= 0.6 is 0 Å². The maximum absolute atomic E-state index is 12.7. The average Bonchev–Trinajstić information content (AvgIpc) is 2.66. The SMILES string of the molecule is C[C@@H](OC(=O)/C=C/c1cccc(C(F)(F)F)c1)C(=O)Nc1ccc(C(N)=O)cc1. The second-order valence-corrected chi connectivity index (χ2v) is 5.97. The molecule has 0 spiro atoms. The molecule has 0 bridgehead atoms. The fraction of sp³-hybridized carbons (Fsp3) is 0.150. The summed E-state index contributed by atoms with van der Waals surface area (Å²) in [4.78, 5) is 34.9. The van der Waals surface area contributed by atoms with Gasteiger partial charge in [0, 0.05) is 17.3 Å². The van der Waals surface area contributed by atoms with Crippen molar-refractivity contribution in [1.29, 1.82) is 0 Å². The highest BCUT2D eigenvalue weighted by molar-refractivity contribution is 5.97. The Kier molecular flexibility index (Phi) is 6.76. The van der Waals surface area contributed by atoms with Crippen LogP contribution in [0.4, 0.5) is 18.9 Å². The van der Waals surface area contributed by atoms with Gasteiger partial charge in [-0.15, -0.1) is 0 Å². The second kappa shape index (κ2) is 9.05. The van der Waals surface area contributed by atoms with Crippen molar-refractivity contribution in [2.24, 2.45) is 5.73 Å². The molecule has 152 valence electrons. The van der Waals surface area contributed by atoms with Crippen LogP contribution in [0, 0.1) is 0 Å². The summed E-state index contributed by atoms with van der Waals surface area (Å²) in [5.41, 5.74) is 5.06. The van der Waals surface area contributed by atoms with Crippen LogP contribution in [0.15, 0.2) is 54.6 Å². The highest BCUT2D eigenvalue weighted by atomic mass is 19.4. The van der Waals surface area contributed by atoms with Crippen molar-refractivity contribution in [3.05, 3.63) is 71.3 Å². The molecule has 0 aliphatic rings. The molecule has 0 radical (unpaired) electrons. The number of carbonyl (C=O) groups excluding carboxylic acids is 3. The maximum atomic E-state index is 12.7. The molecule has 0 aliphatic carbocycles. The molecule has 0 saturated carbocycles. The van der Waals surface area contributed by atoms with Gasteiger partial charge in [-0.05, 0) is 55.0 Å². The summed E-state index contributed by atoms with van der Waals surface area (Å²) in [5, 5.41) is 2.49. The van der Waals surface area contributed by atoms with E-state index in [9.17, 15) is 27.6 Å². The van der Waals surface area contributed by atoms with Crippen LogP contribution in [-0.2, 0) is 20.5 Å². The van der Waals surface area contributed by atoms with E-state index in [4.69, 9.17) is 10.5 Å². The molecular formula is C20H17F3N2O4. The zero-order valence-corrected chi connectivity index (χ0v) is 15.2. The molecule has 3 N–H and O–H groups in total. The number of hydrogen-bond donors (Lipinski definition) is 2. The van der Waals surface area contributed by atoms with Crippen molar-refractivity contribution in [3.63, 3.8) is 0 Å². The van der Waals surface area contributed by atoms with E-state index in [2.05, 4.69) is 5.32 Å². The molecule has 29 heavy (non-hydrogen) atoms. The van der Waals surface area contributed by atoms with E-state index in [1.807, 2.05) is 0 Å². The summed E-state index contributed by atoms with van der Waals surface area (Å²) in [6.45, 7) is 1.34. The van der Waals surface area contributed by atoms with Gasteiger partial charge in [0.15, 0.2) is 6.10 Å². The zero-order valence-electron chi connectivity index (χ0n) is 15.2. The van der Waals surface area contributed by atoms with Crippen LogP contribution in [0.5, 0.6) is 0 Å². The van der Waals surface area contributed by atoms with Crippen LogP contribution in [0.1, 0.15) is 28.4 Å². The Balaban J connectivity index is 1.93. The summed E-state index contributed by atoms with van der Waals surface area (Å²) in [6, 6.07) is 10.2. The Bertz CT molecular complexity index is 937. The highest BCUT2D eigenvalue weighted by Crippen LogP contribution is 2.29. The average molecular weight is 406 g/mol. The predicted molar refractivity (Wildman–Crippen MR) is 99.6 cm³/mol. The molecule has 6 nitrogen and oxygen atoms in total. The first kappa shape index (κ1) is 21.7. The molecule has 2 rings (SSSR count). The number of alkyl halides is 3. The molecule has 0 heterocycles. The van der Waals surface area contributed by atoms with E-state index < -0.39 is 35.6 Å². The van der Waals surface area contributed by atoms with Crippen LogP contribution < -0.4 is 11.1 Å². The van der Waals surface area contributed by atoms with E-state index >= 15 is 0 Å². The van der Waals surface area contributed by atoms with E-state index in [-0.39, 0.29) is 11.1 Å². The van der Waals surface area contributed by atoms with Gasteiger partial charge in [0.1, 0.15) is 0 Å². The number of carbonyl (C=O) groups is 3. The summed E-state index contributed by atoms with van der Waals surface area (Å²) >= 11 is 0. The van der Waals surface area contributed by atoms with Gasteiger partial charge in [0.05, 0.1) is 5.56 Å². The Morgan fingerprint density at radius 2 is 1.76 bits per heavy atom. The Labute approximate surface area is 164 Å². The van der Waals surface area contributed by atoms with Gasteiger partial charge in [-0.3, -0.25) is 9.59 Å². The number of ether oxygens (including phenoxy) is 1. The summed E-state index contributed by atoms with van der Waals surface area (Å²) in [7, 11) is 0. The highest BCUT2D eigenvalue weighted by Gasteiger charge is 2.30. The summed E-state index contributed by atoms with van der Waals surface area (Å²) in [6.07, 6.45) is -3.57. The smallest absolute Gasteiger partial charge is 0.416 e. The standard InChI is InChI=1S/C20H17F3N2O4/c1-12(19(28)25-16-8-6-14(7-9-16)18(24)27)29-17(26)10-5-13-3-2-4-15(11-13)20(21,22)23/h2-12H,1H3,(H2,24,27)(H,25,28)/b10-5+/t12-/m1/s1. The van der Waals surface area contributed by atoms with Crippen molar-refractivity contribution in [1.82, 2.24) is 0 Å². The first-order chi connectivity index (χ1) is 13.6. The van der Waals surface area contributed by atoms with Crippen molar-refractivity contribution >= 4 is 29.5 Å². The number of primary amides is 1. The van der Waals surface area contributed by atoms with Crippen LogP contribution in [-0.4, -0.2) is 23.9 Å². The quantitative estimate of drug-likeness (QED) is 0.568. The fourth-order valence-electron chi connectivity index (χ4n) is 2.21. The lowest BCUT2D eigenvalue weighted by molar-refractivity contribution is -0.148. The lowest BCUT2D eigenvalue weighted by Crippen LogP contribution is -2.29. The van der Waals surface area contributed by atoms with Gasteiger partial charge in [-0.2, -0.15) is 13.2 Å². The Morgan fingerprint density at radius 1 is 1.10 bits per heavy atom. The zero-order chi connectivity index (χ0) is 21.6. The number of anilines is 1. The van der Waals surface area contributed by atoms with Gasteiger partial charge in [0.2, 0.25) is 5.91 Å².